The number of halogens is 2. The van der Waals surface area contributed by atoms with Gasteiger partial charge in [0.15, 0.2) is 0 Å². The molecular weight excluding hydrogens is 363 g/mol. The Morgan fingerprint density at radius 2 is 1.75 bits per heavy atom. The lowest BCUT2D eigenvalue weighted by molar-refractivity contribution is -0.120. The summed E-state index contributed by atoms with van der Waals surface area (Å²) in [6, 6.07) is 17.3. The SMILES string of the molecule is Cl.NCCCCNC(=O)C(Sc1ccccc1Cl)c1ccccc1. The number of rotatable bonds is 8. The van der Waals surface area contributed by atoms with E-state index in [1.54, 1.807) is 0 Å². The fraction of sp³-hybridized carbons (Fsp3) is 0.278. The zero-order valence-electron chi connectivity index (χ0n) is 13.3. The molecule has 1 unspecified atom stereocenters. The molecule has 1 atom stereocenters. The number of carbonyl (C=O) groups excluding carboxylic acids is 1. The maximum atomic E-state index is 12.6. The number of hydrogen-bond donors (Lipinski definition) is 2. The summed E-state index contributed by atoms with van der Waals surface area (Å²) in [5, 5.41) is 3.33. The quantitative estimate of drug-likeness (QED) is 0.521. The van der Waals surface area contributed by atoms with Crippen LogP contribution in [0.2, 0.25) is 5.02 Å². The molecule has 0 spiro atoms. The molecule has 3 nitrogen and oxygen atoms in total. The zero-order chi connectivity index (χ0) is 16.5. The molecule has 0 aromatic heterocycles. The molecule has 2 aromatic carbocycles. The highest BCUT2D eigenvalue weighted by Gasteiger charge is 2.22. The molecular formula is C18H22Cl2N2OS. The van der Waals surface area contributed by atoms with Gasteiger partial charge < -0.3 is 11.1 Å². The van der Waals surface area contributed by atoms with Crippen molar-refractivity contribution in [3.8, 4) is 0 Å². The summed E-state index contributed by atoms with van der Waals surface area (Å²) in [6.07, 6.45) is 1.80. The van der Waals surface area contributed by atoms with Gasteiger partial charge in [0.05, 0.1) is 5.02 Å². The van der Waals surface area contributed by atoms with Crippen molar-refractivity contribution in [2.45, 2.75) is 23.0 Å². The van der Waals surface area contributed by atoms with Gasteiger partial charge in [0, 0.05) is 11.4 Å². The Morgan fingerprint density at radius 1 is 1.08 bits per heavy atom. The van der Waals surface area contributed by atoms with Crippen LogP contribution in [-0.4, -0.2) is 19.0 Å². The van der Waals surface area contributed by atoms with Gasteiger partial charge in [-0.3, -0.25) is 4.79 Å². The average Bonchev–Trinajstić information content (AvgIpc) is 2.58. The number of thioether (sulfide) groups is 1. The Hall–Kier alpha value is -1.20. The Bertz CT molecular complexity index is 625. The average molecular weight is 385 g/mol. The van der Waals surface area contributed by atoms with E-state index in [1.807, 2.05) is 54.6 Å². The number of nitrogens with two attached hydrogens (primary N) is 1. The van der Waals surface area contributed by atoms with Crippen LogP contribution in [0, 0.1) is 0 Å². The lowest BCUT2D eigenvalue weighted by Crippen LogP contribution is -2.29. The van der Waals surface area contributed by atoms with Gasteiger partial charge in [0.25, 0.3) is 0 Å². The molecule has 6 heteroatoms. The maximum absolute atomic E-state index is 12.6. The van der Waals surface area contributed by atoms with E-state index in [4.69, 9.17) is 17.3 Å². The summed E-state index contributed by atoms with van der Waals surface area (Å²) in [6.45, 7) is 1.29. The Kier molecular flexibility index (Phi) is 9.88. The third kappa shape index (κ3) is 6.36. The topological polar surface area (TPSA) is 55.1 Å². The van der Waals surface area contributed by atoms with E-state index in [1.165, 1.54) is 11.8 Å². The first-order chi connectivity index (χ1) is 11.2. The van der Waals surface area contributed by atoms with Gasteiger partial charge in [-0.05, 0) is 37.1 Å². The first-order valence-corrected chi connectivity index (χ1v) is 8.92. The molecule has 0 aliphatic heterocycles. The molecule has 0 aliphatic carbocycles. The number of carbonyl (C=O) groups is 1. The van der Waals surface area contributed by atoms with Crippen molar-refractivity contribution < 1.29 is 4.79 Å². The molecule has 0 saturated carbocycles. The highest BCUT2D eigenvalue weighted by molar-refractivity contribution is 8.00. The monoisotopic (exact) mass is 384 g/mol. The molecule has 130 valence electrons. The van der Waals surface area contributed by atoms with Crippen molar-refractivity contribution in [1.82, 2.24) is 5.32 Å². The van der Waals surface area contributed by atoms with Crippen LogP contribution < -0.4 is 11.1 Å². The largest absolute Gasteiger partial charge is 0.355 e. The summed E-state index contributed by atoms with van der Waals surface area (Å²) < 4.78 is 0. The van der Waals surface area contributed by atoms with Gasteiger partial charge >= 0.3 is 0 Å². The van der Waals surface area contributed by atoms with Gasteiger partial charge in [0.2, 0.25) is 5.91 Å². The molecule has 3 N–H and O–H groups in total. The van der Waals surface area contributed by atoms with E-state index in [0.29, 0.717) is 18.1 Å². The summed E-state index contributed by atoms with van der Waals surface area (Å²) in [5.41, 5.74) is 6.45. The van der Waals surface area contributed by atoms with Crippen LogP contribution >= 0.6 is 35.8 Å². The lowest BCUT2D eigenvalue weighted by Gasteiger charge is -2.17. The molecule has 24 heavy (non-hydrogen) atoms. The third-order valence-electron chi connectivity index (χ3n) is 3.35. The van der Waals surface area contributed by atoms with Crippen molar-refractivity contribution in [3.63, 3.8) is 0 Å². The summed E-state index contributed by atoms with van der Waals surface area (Å²) in [7, 11) is 0. The van der Waals surface area contributed by atoms with Crippen LogP contribution in [0.3, 0.4) is 0 Å². The smallest absolute Gasteiger partial charge is 0.237 e. The van der Waals surface area contributed by atoms with E-state index in [-0.39, 0.29) is 23.6 Å². The zero-order valence-corrected chi connectivity index (χ0v) is 15.7. The summed E-state index contributed by atoms with van der Waals surface area (Å²) in [5.74, 6) is -0.00172. The van der Waals surface area contributed by atoms with Gasteiger partial charge in [-0.2, -0.15) is 0 Å². The standard InChI is InChI=1S/C18H21ClN2OS.ClH/c19-15-10-4-5-11-16(15)23-17(14-8-2-1-3-9-14)18(22)21-13-7-6-12-20;/h1-5,8-11,17H,6-7,12-13,20H2,(H,21,22);1H. The predicted octanol–water partition coefficient (Wildman–Crippen LogP) is 4.45. The second kappa shape index (κ2) is 11.4. The lowest BCUT2D eigenvalue weighted by atomic mass is 10.1. The fourth-order valence-electron chi connectivity index (χ4n) is 2.14. The normalized spacial score (nSPS) is 11.4. The molecule has 0 heterocycles. The van der Waals surface area contributed by atoms with E-state index < -0.39 is 0 Å². The first-order valence-electron chi connectivity index (χ1n) is 7.66. The van der Waals surface area contributed by atoms with Crippen LogP contribution in [0.15, 0.2) is 59.5 Å². The number of benzene rings is 2. The van der Waals surface area contributed by atoms with Crippen molar-refractivity contribution >= 4 is 41.7 Å². The predicted molar refractivity (Wildman–Crippen MR) is 105 cm³/mol. The van der Waals surface area contributed by atoms with Gasteiger partial charge in [-0.25, -0.2) is 0 Å². The number of hydrogen-bond acceptors (Lipinski definition) is 3. The highest BCUT2D eigenvalue weighted by Crippen LogP contribution is 2.38. The Labute approximate surface area is 158 Å². The molecule has 2 rings (SSSR count). The minimum absolute atomic E-state index is 0. The van der Waals surface area contributed by atoms with E-state index in [2.05, 4.69) is 5.32 Å². The Balaban J connectivity index is 0.00000288. The van der Waals surface area contributed by atoms with E-state index in [0.717, 1.165) is 23.3 Å². The van der Waals surface area contributed by atoms with Gasteiger partial charge in [-0.1, -0.05) is 54.1 Å². The molecule has 0 aliphatic rings. The maximum Gasteiger partial charge on any atom is 0.237 e. The van der Waals surface area contributed by atoms with E-state index in [9.17, 15) is 4.79 Å². The van der Waals surface area contributed by atoms with Crippen LogP contribution in [0.25, 0.3) is 0 Å². The van der Waals surface area contributed by atoms with E-state index >= 15 is 0 Å². The number of unbranched alkanes of at least 4 members (excludes halogenated alkanes) is 1. The summed E-state index contributed by atoms with van der Waals surface area (Å²) in [4.78, 5) is 13.5. The second-order valence-corrected chi connectivity index (χ2v) is 6.68. The second-order valence-electron chi connectivity index (χ2n) is 5.13. The number of amides is 1. The van der Waals surface area contributed by atoms with Crippen LogP contribution in [-0.2, 0) is 4.79 Å². The Morgan fingerprint density at radius 3 is 2.42 bits per heavy atom. The highest BCUT2D eigenvalue weighted by atomic mass is 35.5. The molecule has 1 amide bonds. The molecule has 2 aromatic rings. The van der Waals surface area contributed by atoms with Crippen LogP contribution in [0.4, 0.5) is 0 Å². The van der Waals surface area contributed by atoms with Gasteiger partial charge in [-0.15, -0.1) is 24.2 Å². The van der Waals surface area contributed by atoms with Crippen molar-refractivity contribution in [3.05, 3.63) is 65.2 Å². The minimum Gasteiger partial charge on any atom is -0.355 e. The fourth-order valence-corrected chi connectivity index (χ4v) is 3.49. The molecule has 0 fully saturated rings. The number of nitrogens with one attached hydrogen (secondary N) is 1. The third-order valence-corrected chi connectivity index (χ3v) is 5.13. The van der Waals surface area contributed by atoms with Crippen molar-refractivity contribution in [2.75, 3.05) is 13.1 Å². The summed E-state index contributed by atoms with van der Waals surface area (Å²) >= 11 is 7.71. The van der Waals surface area contributed by atoms with Crippen molar-refractivity contribution in [2.24, 2.45) is 5.73 Å². The van der Waals surface area contributed by atoms with Gasteiger partial charge in [0.1, 0.15) is 5.25 Å². The molecule has 0 saturated heterocycles. The van der Waals surface area contributed by atoms with Crippen LogP contribution in [0.1, 0.15) is 23.7 Å². The van der Waals surface area contributed by atoms with Crippen molar-refractivity contribution in [1.29, 1.82) is 0 Å². The first kappa shape index (κ1) is 20.8. The van der Waals surface area contributed by atoms with Crippen LogP contribution in [0.5, 0.6) is 0 Å². The molecule has 0 radical (unpaired) electrons. The molecule has 0 bridgehead atoms. The minimum atomic E-state index is -0.325.